The van der Waals surface area contributed by atoms with Gasteiger partial charge in [-0.15, -0.1) is 0 Å². The van der Waals surface area contributed by atoms with Crippen molar-refractivity contribution in [2.75, 3.05) is 5.32 Å². The molecule has 0 saturated heterocycles. The van der Waals surface area contributed by atoms with Crippen LogP contribution in [0.25, 0.3) is 0 Å². The Balaban J connectivity index is 1.79. The summed E-state index contributed by atoms with van der Waals surface area (Å²) in [6, 6.07) is 8.62. The number of hydrogen-bond donors (Lipinski definition) is 1. The summed E-state index contributed by atoms with van der Waals surface area (Å²) in [4.78, 5) is 8.96. The lowest BCUT2D eigenvalue weighted by atomic mass is 10.0. The van der Waals surface area contributed by atoms with Gasteiger partial charge < -0.3 is 5.32 Å². The van der Waals surface area contributed by atoms with Crippen molar-refractivity contribution in [2.24, 2.45) is 0 Å². The Morgan fingerprint density at radius 1 is 1.00 bits per heavy atom. The van der Waals surface area contributed by atoms with Crippen LogP contribution in [0.2, 0.25) is 0 Å². The van der Waals surface area contributed by atoms with Crippen molar-refractivity contribution < 1.29 is 0 Å². The summed E-state index contributed by atoms with van der Waals surface area (Å²) >= 11 is 0. The lowest BCUT2D eigenvalue weighted by Gasteiger charge is -2.14. The van der Waals surface area contributed by atoms with E-state index < -0.39 is 0 Å². The van der Waals surface area contributed by atoms with Crippen molar-refractivity contribution in [2.45, 2.75) is 52.0 Å². The molecule has 110 valence electrons. The Bertz CT molecular complexity index is 607. The molecular weight excluding hydrogens is 258 g/mol. The lowest BCUT2D eigenvalue weighted by molar-refractivity contribution is 0.708. The first-order valence-electron chi connectivity index (χ1n) is 8.02. The average molecular weight is 281 g/mol. The molecule has 1 aromatic heterocycles. The molecule has 1 aliphatic rings. The van der Waals surface area contributed by atoms with E-state index in [2.05, 4.69) is 46.5 Å². The number of hydrogen-bond acceptors (Lipinski definition) is 3. The van der Waals surface area contributed by atoms with Crippen molar-refractivity contribution in [3.63, 3.8) is 0 Å². The average Bonchev–Trinajstić information content (AvgIpc) is 2.79. The SMILES string of the molecule is CCc1ccccc1CNc1ncnc2c1CCCCC2. The molecular formula is C18H23N3. The maximum atomic E-state index is 4.48. The van der Waals surface area contributed by atoms with E-state index in [1.807, 2.05) is 0 Å². The molecule has 1 aromatic carbocycles. The van der Waals surface area contributed by atoms with E-state index in [4.69, 9.17) is 0 Å². The summed E-state index contributed by atoms with van der Waals surface area (Å²) < 4.78 is 0. The highest BCUT2D eigenvalue weighted by Gasteiger charge is 2.14. The van der Waals surface area contributed by atoms with Crippen LogP contribution in [-0.4, -0.2) is 9.97 Å². The number of rotatable bonds is 4. The van der Waals surface area contributed by atoms with Crippen molar-refractivity contribution in [1.29, 1.82) is 0 Å². The van der Waals surface area contributed by atoms with E-state index >= 15 is 0 Å². The molecule has 0 unspecified atom stereocenters. The summed E-state index contributed by atoms with van der Waals surface area (Å²) in [6.07, 6.45) is 8.78. The standard InChI is InChI=1S/C18H23N3/c1-2-14-8-6-7-9-15(14)12-19-18-16-10-4-3-5-11-17(16)20-13-21-18/h6-9,13H,2-5,10-12H2,1H3,(H,19,20,21). The Morgan fingerprint density at radius 2 is 1.81 bits per heavy atom. The first-order valence-corrected chi connectivity index (χ1v) is 8.02. The van der Waals surface area contributed by atoms with Gasteiger partial charge in [0.15, 0.2) is 0 Å². The van der Waals surface area contributed by atoms with E-state index in [9.17, 15) is 0 Å². The van der Waals surface area contributed by atoms with Crippen LogP contribution in [0.4, 0.5) is 5.82 Å². The van der Waals surface area contributed by atoms with Crippen LogP contribution < -0.4 is 5.32 Å². The van der Waals surface area contributed by atoms with Crippen LogP contribution in [0, 0.1) is 0 Å². The number of fused-ring (bicyclic) bond motifs is 1. The van der Waals surface area contributed by atoms with Crippen molar-refractivity contribution in [3.05, 3.63) is 53.0 Å². The molecule has 1 aliphatic carbocycles. The molecule has 0 fully saturated rings. The first-order chi connectivity index (χ1) is 10.4. The monoisotopic (exact) mass is 281 g/mol. The van der Waals surface area contributed by atoms with Crippen LogP contribution in [0.1, 0.15) is 48.6 Å². The molecule has 0 spiro atoms. The summed E-state index contributed by atoms with van der Waals surface area (Å²) in [5.41, 5.74) is 5.35. The van der Waals surface area contributed by atoms with Crippen LogP contribution in [0.3, 0.4) is 0 Å². The summed E-state index contributed by atoms with van der Waals surface area (Å²) in [6.45, 7) is 3.04. The molecule has 3 heteroatoms. The van der Waals surface area contributed by atoms with Gasteiger partial charge in [0, 0.05) is 17.8 Å². The highest BCUT2D eigenvalue weighted by Crippen LogP contribution is 2.24. The summed E-state index contributed by atoms with van der Waals surface area (Å²) in [5.74, 6) is 1.04. The normalized spacial score (nSPS) is 14.3. The third-order valence-electron chi connectivity index (χ3n) is 4.32. The second-order valence-corrected chi connectivity index (χ2v) is 5.68. The smallest absolute Gasteiger partial charge is 0.133 e. The lowest BCUT2D eigenvalue weighted by Crippen LogP contribution is -2.09. The van der Waals surface area contributed by atoms with E-state index in [1.165, 1.54) is 41.6 Å². The maximum Gasteiger partial charge on any atom is 0.133 e. The van der Waals surface area contributed by atoms with Gasteiger partial charge in [-0.2, -0.15) is 0 Å². The fourth-order valence-corrected chi connectivity index (χ4v) is 3.10. The first kappa shape index (κ1) is 14.1. The van der Waals surface area contributed by atoms with E-state index in [-0.39, 0.29) is 0 Å². The number of anilines is 1. The van der Waals surface area contributed by atoms with E-state index in [0.717, 1.165) is 31.6 Å². The Labute approximate surface area is 126 Å². The van der Waals surface area contributed by atoms with Gasteiger partial charge in [0.25, 0.3) is 0 Å². The topological polar surface area (TPSA) is 37.8 Å². The van der Waals surface area contributed by atoms with Crippen LogP contribution in [-0.2, 0) is 25.8 Å². The number of nitrogens with one attached hydrogen (secondary N) is 1. The quantitative estimate of drug-likeness (QED) is 0.863. The molecule has 3 rings (SSSR count). The molecule has 0 amide bonds. The zero-order chi connectivity index (χ0) is 14.5. The minimum atomic E-state index is 0.841. The van der Waals surface area contributed by atoms with Gasteiger partial charge in [-0.05, 0) is 43.2 Å². The predicted octanol–water partition coefficient (Wildman–Crippen LogP) is 3.92. The minimum absolute atomic E-state index is 0.841. The second-order valence-electron chi connectivity index (χ2n) is 5.68. The number of nitrogens with zero attached hydrogens (tertiary/aromatic N) is 2. The third kappa shape index (κ3) is 3.23. The number of aromatic nitrogens is 2. The number of aryl methyl sites for hydroxylation is 2. The molecule has 21 heavy (non-hydrogen) atoms. The van der Waals surface area contributed by atoms with Crippen molar-refractivity contribution >= 4 is 5.82 Å². The van der Waals surface area contributed by atoms with E-state index in [0.29, 0.717) is 0 Å². The molecule has 1 N–H and O–H groups in total. The van der Waals surface area contributed by atoms with Crippen LogP contribution >= 0.6 is 0 Å². The van der Waals surface area contributed by atoms with Crippen LogP contribution in [0.5, 0.6) is 0 Å². The van der Waals surface area contributed by atoms with Gasteiger partial charge in [0.2, 0.25) is 0 Å². The predicted molar refractivity (Wildman–Crippen MR) is 86.4 cm³/mol. The molecule has 0 radical (unpaired) electrons. The molecule has 0 atom stereocenters. The zero-order valence-corrected chi connectivity index (χ0v) is 12.7. The molecule has 3 nitrogen and oxygen atoms in total. The third-order valence-corrected chi connectivity index (χ3v) is 4.32. The van der Waals surface area contributed by atoms with Gasteiger partial charge in [0.05, 0.1) is 0 Å². The van der Waals surface area contributed by atoms with Gasteiger partial charge >= 0.3 is 0 Å². The number of benzene rings is 1. The van der Waals surface area contributed by atoms with Gasteiger partial charge in [-0.25, -0.2) is 9.97 Å². The fourth-order valence-electron chi connectivity index (χ4n) is 3.10. The zero-order valence-electron chi connectivity index (χ0n) is 12.7. The highest BCUT2D eigenvalue weighted by atomic mass is 15.0. The highest BCUT2D eigenvalue weighted by molar-refractivity contribution is 5.47. The summed E-state index contributed by atoms with van der Waals surface area (Å²) in [5, 5.41) is 3.54. The van der Waals surface area contributed by atoms with Gasteiger partial charge in [-0.1, -0.05) is 37.6 Å². The molecule has 0 aliphatic heterocycles. The Morgan fingerprint density at radius 3 is 2.67 bits per heavy atom. The van der Waals surface area contributed by atoms with Crippen LogP contribution in [0.15, 0.2) is 30.6 Å². The molecule has 1 heterocycles. The largest absolute Gasteiger partial charge is 0.366 e. The van der Waals surface area contributed by atoms with Crippen molar-refractivity contribution in [1.82, 2.24) is 9.97 Å². The fraction of sp³-hybridized carbons (Fsp3) is 0.444. The Hall–Kier alpha value is -1.90. The molecule has 2 aromatic rings. The minimum Gasteiger partial charge on any atom is -0.366 e. The maximum absolute atomic E-state index is 4.48. The van der Waals surface area contributed by atoms with E-state index in [1.54, 1.807) is 6.33 Å². The van der Waals surface area contributed by atoms with Gasteiger partial charge in [-0.3, -0.25) is 0 Å². The van der Waals surface area contributed by atoms with Crippen molar-refractivity contribution in [3.8, 4) is 0 Å². The second kappa shape index (κ2) is 6.70. The molecule has 0 saturated carbocycles. The Kier molecular flexibility index (Phi) is 4.49. The van der Waals surface area contributed by atoms with Gasteiger partial charge in [0.1, 0.15) is 12.1 Å². The molecule has 0 bridgehead atoms. The summed E-state index contributed by atoms with van der Waals surface area (Å²) in [7, 11) is 0.